The van der Waals surface area contributed by atoms with E-state index >= 15 is 0 Å². The molecule has 6 nitrogen and oxygen atoms in total. The molecule has 1 aliphatic heterocycles. The van der Waals surface area contributed by atoms with Gasteiger partial charge in [-0.2, -0.15) is 5.06 Å². The van der Waals surface area contributed by atoms with Crippen molar-refractivity contribution >= 4 is 5.78 Å². The first-order valence-electron chi connectivity index (χ1n) is 8.87. The molecule has 2 N–H and O–H groups in total. The Balaban J connectivity index is 1.99. The Kier molecular flexibility index (Phi) is 3.65. The molecule has 1 aromatic carbocycles. The number of aliphatic hydroxyl groups is 1. The third kappa shape index (κ3) is 1.99. The average molecular weight is 347 g/mol. The van der Waals surface area contributed by atoms with Gasteiger partial charge < -0.3 is 19.8 Å². The number of hydroxylamine groups is 2. The van der Waals surface area contributed by atoms with Crippen LogP contribution >= 0.6 is 0 Å². The number of rotatable bonds is 4. The fourth-order valence-electron chi connectivity index (χ4n) is 5.34. The van der Waals surface area contributed by atoms with Gasteiger partial charge in [0.25, 0.3) is 0 Å². The fraction of sp³-hybridized carbons (Fsp3) is 0.632. The first kappa shape index (κ1) is 16.8. The predicted molar refractivity (Wildman–Crippen MR) is 90.2 cm³/mol. The lowest BCUT2D eigenvalue weighted by atomic mass is 9.49. The number of methoxy groups -OCH3 is 1. The number of carbonyl (C=O) groups is 1. The van der Waals surface area contributed by atoms with E-state index in [4.69, 9.17) is 9.47 Å². The van der Waals surface area contributed by atoms with Gasteiger partial charge in [0.2, 0.25) is 0 Å². The van der Waals surface area contributed by atoms with Crippen LogP contribution in [0.2, 0.25) is 0 Å². The van der Waals surface area contributed by atoms with Crippen molar-refractivity contribution in [2.45, 2.75) is 49.7 Å². The van der Waals surface area contributed by atoms with Crippen molar-refractivity contribution in [3.05, 3.63) is 23.3 Å². The molecule has 0 bridgehead atoms. The molecule has 4 atom stereocenters. The van der Waals surface area contributed by atoms with E-state index in [0.29, 0.717) is 37.3 Å². The Bertz CT molecular complexity index is 733. The Morgan fingerprint density at radius 1 is 1.44 bits per heavy atom. The maximum absolute atomic E-state index is 12.8. The lowest BCUT2D eigenvalue weighted by Gasteiger charge is -2.56. The van der Waals surface area contributed by atoms with E-state index in [0.717, 1.165) is 22.6 Å². The number of Topliss-reactive ketones (excluding diaryl/α,β-unsaturated/α-hetero) is 1. The molecule has 136 valence electrons. The van der Waals surface area contributed by atoms with Crippen LogP contribution < -0.4 is 9.47 Å². The van der Waals surface area contributed by atoms with Crippen LogP contribution in [0.5, 0.6) is 11.5 Å². The molecule has 0 aromatic heterocycles. The van der Waals surface area contributed by atoms with Crippen molar-refractivity contribution in [3.63, 3.8) is 0 Å². The minimum atomic E-state index is -1.04. The summed E-state index contributed by atoms with van der Waals surface area (Å²) in [5.41, 5.74) is 0.140. The second kappa shape index (κ2) is 5.43. The summed E-state index contributed by atoms with van der Waals surface area (Å²) in [7, 11) is 3.16. The van der Waals surface area contributed by atoms with E-state index in [1.54, 1.807) is 14.2 Å². The fourth-order valence-corrected chi connectivity index (χ4v) is 5.34. The highest BCUT2D eigenvalue weighted by molar-refractivity contribution is 5.89. The first-order valence-corrected chi connectivity index (χ1v) is 8.87. The van der Waals surface area contributed by atoms with Crippen molar-refractivity contribution in [3.8, 4) is 11.5 Å². The van der Waals surface area contributed by atoms with Crippen LogP contribution in [0, 0.1) is 5.92 Å². The monoisotopic (exact) mass is 347 g/mol. The zero-order valence-electron chi connectivity index (χ0n) is 14.9. The number of carbonyl (C=O) groups excluding carboxylic acids is 1. The number of hydrogen-bond acceptors (Lipinski definition) is 6. The van der Waals surface area contributed by atoms with Crippen LogP contribution in [0.1, 0.15) is 37.3 Å². The molecule has 0 unspecified atom stereocenters. The van der Waals surface area contributed by atoms with Crippen LogP contribution in [0.4, 0.5) is 0 Å². The molecule has 6 heteroatoms. The van der Waals surface area contributed by atoms with Gasteiger partial charge in [-0.3, -0.25) is 4.79 Å². The van der Waals surface area contributed by atoms with Gasteiger partial charge >= 0.3 is 0 Å². The summed E-state index contributed by atoms with van der Waals surface area (Å²) in [4.78, 5) is 12.8. The molecular formula is C19H25NO5. The van der Waals surface area contributed by atoms with E-state index < -0.39 is 17.1 Å². The topological polar surface area (TPSA) is 79.2 Å². The highest BCUT2D eigenvalue weighted by Gasteiger charge is 2.69. The number of nitrogens with zero attached hydrogens (tertiary/aromatic N) is 1. The van der Waals surface area contributed by atoms with Crippen molar-refractivity contribution in [1.82, 2.24) is 5.06 Å². The molecule has 0 spiro atoms. The van der Waals surface area contributed by atoms with Gasteiger partial charge in [-0.15, -0.1) is 0 Å². The molecule has 4 rings (SSSR count). The minimum Gasteiger partial charge on any atom is -0.493 e. The lowest BCUT2D eigenvalue weighted by Crippen LogP contribution is -2.68. The predicted octanol–water partition coefficient (Wildman–Crippen LogP) is 1.69. The van der Waals surface area contributed by atoms with E-state index in [2.05, 4.69) is 0 Å². The highest BCUT2D eigenvalue weighted by atomic mass is 16.5. The van der Waals surface area contributed by atoms with E-state index in [-0.39, 0.29) is 11.7 Å². The van der Waals surface area contributed by atoms with Gasteiger partial charge in [0.05, 0.1) is 18.1 Å². The highest BCUT2D eigenvalue weighted by Crippen LogP contribution is 2.63. The van der Waals surface area contributed by atoms with Crippen LogP contribution in [-0.2, 0) is 16.6 Å². The second-order valence-corrected chi connectivity index (χ2v) is 7.73. The SMILES string of the molecule is COc1ccc2c3c1O[C@H]1C(=O)CC[C@@](O)([C@H](C)C2)[C@@]31CCN(C)O. The third-order valence-corrected chi connectivity index (χ3v) is 6.55. The molecule has 0 amide bonds. The number of hydrogen-bond donors (Lipinski definition) is 2. The summed E-state index contributed by atoms with van der Waals surface area (Å²) >= 11 is 0. The summed E-state index contributed by atoms with van der Waals surface area (Å²) in [6.45, 7) is 2.39. The third-order valence-electron chi connectivity index (χ3n) is 6.55. The zero-order valence-corrected chi connectivity index (χ0v) is 14.9. The Hall–Kier alpha value is -1.63. The molecule has 0 radical (unpaired) electrons. The molecule has 0 saturated heterocycles. The van der Waals surface area contributed by atoms with Gasteiger partial charge in [0, 0.05) is 25.6 Å². The van der Waals surface area contributed by atoms with Crippen LogP contribution in [0.3, 0.4) is 0 Å². The molecule has 2 aliphatic carbocycles. The molecule has 1 saturated carbocycles. The van der Waals surface area contributed by atoms with Crippen LogP contribution in [-0.4, -0.2) is 53.6 Å². The van der Waals surface area contributed by atoms with Crippen molar-refractivity contribution in [2.24, 2.45) is 5.92 Å². The summed E-state index contributed by atoms with van der Waals surface area (Å²) in [6.07, 6.45) is 1.21. The second-order valence-electron chi connectivity index (χ2n) is 7.73. The van der Waals surface area contributed by atoms with Crippen LogP contribution in [0.25, 0.3) is 0 Å². The first-order chi connectivity index (χ1) is 11.8. The maximum atomic E-state index is 12.8. The van der Waals surface area contributed by atoms with Crippen LogP contribution in [0.15, 0.2) is 12.1 Å². The summed E-state index contributed by atoms with van der Waals surface area (Å²) in [5.74, 6) is 1.20. The molecule has 1 heterocycles. The van der Waals surface area contributed by atoms with E-state index in [1.165, 1.54) is 0 Å². The van der Waals surface area contributed by atoms with Gasteiger partial charge in [-0.1, -0.05) is 13.0 Å². The quantitative estimate of drug-likeness (QED) is 0.807. The number of benzene rings is 1. The van der Waals surface area contributed by atoms with Crippen molar-refractivity contribution < 1.29 is 24.6 Å². The van der Waals surface area contributed by atoms with Gasteiger partial charge in [-0.25, -0.2) is 0 Å². The van der Waals surface area contributed by atoms with E-state index in [1.807, 2.05) is 19.1 Å². The summed E-state index contributed by atoms with van der Waals surface area (Å²) < 4.78 is 11.6. The number of ketones is 1. The van der Waals surface area contributed by atoms with Gasteiger partial charge in [-0.05, 0) is 36.8 Å². The molecule has 25 heavy (non-hydrogen) atoms. The Labute approximate surface area is 147 Å². The van der Waals surface area contributed by atoms with Crippen molar-refractivity contribution in [1.29, 1.82) is 0 Å². The van der Waals surface area contributed by atoms with Gasteiger partial charge in [0.15, 0.2) is 23.4 Å². The molecule has 3 aliphatic rings. The van der Waals surface area contributed by atoms with E-state index in [9.17, 15) is 15.1 Å². The summed E-state index contributed by atoms with van der Waals surface area (Å²) in [5, 5.41) is 22.6. The van der Waals surface area contributed by atoms with Crippen molar-refractivity contribution in [2.75, 3.05) is 20.7 Å². The molecule has 1 fully saturated rings. The standard InChI is InChI=1S/C19H25NO5/c1-11-10-12-4-5-14(24-3)16-15(12)18(8-9-20(2)23)17(25-16)13(21)6-7-19(11,18)22/h4-5,11,17,22-23H,6-10H2,1-3H3/t11-,17+,18+,19-/m1/s1. The maximum Gasteiger partial charge on any atom is 0.174 e. The van der Waals surface area contributed by atoms with Gasteiger partial charge in [0.1, 0.15) is 0 Å². The Morgan fingerprint density at radius 2 is 2.20 bits per heavy atom. The largest absolute Gasteiger partial charge is 0.493 e. The number of ether oxygens (including phenoxy) is 2. The minimum absolute atomic E-state index is 0.00236. The molecule has 1 aromatic rings. The molecular weight excluding hydrogens is 322 g/mol. The summed E-state index contributed by atoms with van der Waals surface area (Å²) in [6, 6.07) is 3.89. The lowest BCUT2D eigenvalue weighted by molar-refractivity contribution is -0.169. The average Bonchev–Trinajstić information content (AvgIpc) is 2.94. The zero-order chi connectivity index (χ0) is 18.0. The smallest absolute Gasteiger partial charge is 0.174 e. The Morgan fingerprint density at radius 3 is 2.88 bits per heavy atom. The normalized spacial score (nSPS) is 35.5.